The first-order chi connectivity index (χ1) is 15.1. The quantitative estimate of drug-likeness (QED) is 0.0971. The Morgan fingerprint density at radius 2 is 1.38 bits per heavy atom. The third-order valence-electron chi connectivity index (χ3n) is 5.46. The fraction of sp³-hybridized carbons (Fsp3) is 0.630. The van der Waals surface area contributed by atoms with Gasteiger partial charge in [0.1, 0.15) is 6.04 Å². The molecular formula is C27H44NNaO3. The number of esters is 2. The Kier molecular flexibility index (Phi) is 21.2. The molecule has 1 aromatic carbocycles. The van der Waals surface area contributed by atoms with Crippen LogP contribution in [0.25, 0.3) is 0 Å². The Balaban J connectivity index is 0.00000961. The summed E-state index contributed by atoms with van der Waals surface area (Å²) < 4.78 is 4.89. The SMILES string of the molecule is CCCCCCCC/C=C\CCCCCCCC(=O)OC(=O)[C@@H](N)Cc1ccccc1.[NaH]. The predicted octanol–water partition coefficient (Wildman–Crippen LogP) is 6.02. The number of hydrogen-bond donors (Lipinski definition) is 1. The third-order valence-corrected chi connectivity index (χ3v) is 5.46. The van der Waals surface area contributed by atoms with Gasteiger partial charge in [0, 0.05) is 6.42 Å². The molecule has 0 radical (unpaired) electrons. The number of allylic oxidation sites excluding steroid dienone is 2. The van der Waals surface area contributed by atoms with Crippen molar-refractivity contribution in [1.82, 2.24) is 0 Å². The predicted molar refractivity (Wildman–Crippen MR) is 136 cm³/mol. The van der Waals surface area contributed by atoms with Crippen LogP contribution < -0.4 is 5.73 Å². The Bertz CT molecular complexity index is 619. The van der Waals surface area contributed by atoms with Gasteiger partial charge in [-0.3, -0.25) is 4.79 Å². The molecule has 0 bridgehead atoms. The molecule has 5 heteroatoms. The normalized spacial score (nSPS) is 11.8. The zero-order valence-corrected chi connectivity index (χ0v) is 19.5. The van der Waals surface area contributed by atoms with Crippen LogP contribution in [0.15, 0.2) is 42.5 Å². The van der Waals surface area contributed by atoms with Gasteiger partial charge in [-0.15, -0.1) is 0 Å². The summed E-state index contributed by atoms with van der Waals surface area (Å²) >= 11 is 0. The molecule has 176 valence electrons. The average molecular weight is 454 g/mol. The number of benzene rings is 1. The summed E-state index contributed by atoms with van der Waals surface area (Å²) in [7, 11) is 0. The van der Waals surface area contributed by atoms with Crippen LogP contribution >= 0.6 is 0 Å². The summed E-state index contributed by atoms with van der Waals surface area (Å²) in [5, 5.41) is 0. The second-order valence-corrected chi connectivity index (χ2v) is 8.42. The van der Waals surface area contributed by atoms with E-state index in [9.17, 15) is 9.59 Å². The Morgan fingerprint density at radius 3 is 1.97 bits per heavy atom. The number of ether oxygens (including phenoxy) is 1. The fourth-order valence-electron chi connectivity index (χ4n) is 3.53. The molecule has 0 heterocycles. The van der Waals surface area contributed by atoms with Gasteiger partial charge in [-0.2, -0.15) is 0 Å². The standard InChI is InChI=1S/C27H43NO3.Na.H/c1-2-3-4-5-6-7-8-9-10-11-12-13-14-15-19-22-26(29)31-27(30)25(28)23-24-20-17-16-18-21-24;;/h9-10,16-18,20-21,25H,2-8,11-15,19,22-23,28H2,1H3;;/b10-9-;;/t25-;;/m0../s1. The van der Waals surface area contributed by atoms with E-state index in [1.165, 1.54) is 57.8 Å². The fourth-order valence-corrected chi connectivity index (χ4v) is 3.53. The molecule has 1 rings (SSSR count). The van der Waals surface area contributed by atoms with Crippen molar-refractivity contribution < 1.29 is 14.3 Å². The van der Waals surface area contributed by atoms with Gasteiger partial charge in [0.05, 0.1) is 0 Å². The number of rotatable bonds is 18. The number of carbonyl (C=O) groups is 2. The van der Waals surface area contributed by atoms with E-state index in [2.05, 4.69) is 19.1 Å². The Hall–Kier alpha value is -0.940. The van der Waals surface area contributed by atoms with Gasteiger partial charge in [-0.25, -0.2) is 4.79 Å². The van der Waals surface area contributed by atoms with Gasteiger partial charge < -0.3 is 10.5 Å². The van der Waals surface area contributed by atoms with Crippen LogP contribution in [0, 0.1) is 0 Å². The molecule has 0 aliphatic rings. The van der Waals surface area contributed by atoms with Crippen molar-refractivity contribution in [3.05, 3.63) is 48.0 Å². The third kappa shape index (κ3) is 17.6. The van der Waals surface area contributed by atoms with Crippen LogP contribution in [-0.2, 0) is 20.7 Å². The summed E-state index contributed by atoms with van der Waals surface area (Å²) in [6.45, 7) is 2.25. The molecule has 0 amide bonds. The van der Waals surface area contributed by atoms with Crippen LogP contribution in [0.1, 0.15) is 102 Å². The molecule has 2 N–H and O–H groups in total. The maximum absolute atomic E-state index is 11.9. The first-order valence-electron chi connectivity index (χ1n) is 12.3. The average Bonchev–Trinajstić information content (AvgIpc) is 2.77. The minimum atomic E-state index is -0.805. The van der Waals surface area contributed by atoms with Crippen molar-refractivity contribution in [3.63, 3.8) is 0 Å². The molecule has 0 unspecified atom stereocenters. The Labute approximate surface area is 218 Å². The van der Waals surface area contributed by atoms with E-state index in [0.29, 0.717) is 6.42 Å². The van der Waals surface area contributed by atoms with E-state index in [1.54, 1.807) is 0 Å². The molecule has 0 aromatic heterocycles. The van der Waals surface area contributed by atoms with E-state index >= 15 is 0 Å². The van der Waals surface area contributed by atoms with Crippen LogP contribution in [0.5, 0.6) is 0 Å². The zero-order chi connectivity index (χ0) is 22.6. The van der Waals surface area contributed by atoms with Crippen molar-refractivity contribution >= 4 is 41.5 Å². The second-order valence-electron chi connectivity index (χ2n) is 8.42. The van der Waals surface area contributed by atoms with E-state index in [4.69, 9.17) is 10.5 Å². The van der Waals surface area contributed by atoms with Gasteiger partial charge >= 0.3 is 41.5 Å². The molecule has 0 saturated carbocycles. The van der Waals surface area contributed by atoms with Gasteiger partial charge in [0.15, 0.2) is 0 Å². The van der Waals surface area contributed by atoms with Gasteiger partial charge in [0.25, 0.3) is 0 Å². The van der Waals surface area contributed by atoms with Gasteiger partial charge in [-0.05, 0) is 44.1 Å². The van der Waals surface area contributed by atoms with E-state index in [0.717, 1.165) is 31.2 Å². The van der Waals surface area contributed by atoms with Crippen molar-refractivity contribution in [2.75, 3.05) is 0 Å². The first kappa shape index (κ1) is 31.1. The van der Waals surface area contributed by atoms with Crippen LogP contribution in [0.2, 0.25) is 0 Å². The summed E-state index contributed by atoms with van der Waals surface area (Å²) in [4.78, 5) is 23.8. The van der Waals surface area contributed by atoms with Crippen molar-refractivity contribution in [1.29, 1.82) is 0 Å². The Morgan fingerprint density at radius 1 is 0.844 bits per heavy atom. The number of hydrogen-bond acceptors (Lipinski definition) is 4. The molecule has 0 spiro atoms. The monoisotopic (exact) mass is 453 g/mol. The van der Waals surface area contributed by atoms with Crippen LogP contribution in [0.3, 0.4) is 0 Å². The molecule has 0 saturated heterocycles. The molecule has 4 nitrogen and oxygen atoms in total. The number of carbonyl (C=O) groups excluding carboxylic acids is 2. The second kappa shape index (κ2) is 21.9. The van der Waals surface area contributed by atoms with Crippen molar-refractivity contribution in [3.8, 4) is 0 Å². The maximum atomic E-state index is 11.9. The van der Waals surface area contributed by atoms with E-state index in [-0.39, 0.29) is 36.0 Å². The van der Waals surface area contributed by atoms with Crippen LogP contribution in [0.4, 0.5) is 0 Å². The van der Waals surface area contributed by atoms with E-state index in [1.807, 2.05) is 30.3 Å². The zero-order valence-electron chi connectivity index (χ0n) is 19.5. The minimum absolute atomic E-state index is 0. The molecule has 0 aliphatic heterocycles. The molecule has 1 aromatic rings. The number of unbranched alkanes of at least 4 members (excludes halogenated alkanes) is 11. The van der Waals surface area contributed by atoms with Crippen LogP contribution in [-0.4, -0.2) is 47.5 Å². The molecule has 0 fully saturated rings. The molecule has 32 heavy (non-hydrogen) atoms. The molecule has 1 atom stereocenters. The summed E-state index contributed by atoms with van der Waals surface area (Å²) in [6, 6.07) is 8.70. The molecular weight excluding hydrogens is 409 g/mol. The van der Waals surface area contributed by atoms with Gasteiger partial charge in [0.2, 0.25) is 0 Å². The number of nitrogens with two attached hydrogens (primary N) is 1. The topological polar surface area (TPSA) is 69.4 Å². The molecule has 0 aliphatic carbocycles. The van der Waals surface area contributed by atoms with E-state index < -0.39 is 18.0 Å². The summed E-state index contributed by atoms with van der Waals surface area (Å²) in [6.07, 6.45) is 21.0. The van der Waals surface area contributed by atoms with Gasteiger partial charge in [-0.1, -0.05) is 101 Å². The summed E-state index contributed by atoms with van der Waals surface area (Å²) in [5.41, 5.74) is 6.81. The van der Waals surface area contributed by atoms with Crippen molar-refractivity contribution in [2.24, 2.45) is 5.73 Å². The summed E-state index contributed by atoms with van der Waals surface area (Å²) in [5.74, 6) is -1.10. The first-order valence-corrected chi connectivity index (χ1v) is 12.3. The van der Waals surface area contributed by atoms with Crippen molar-refractivity contribution in [2.45, 2.75) is 109 Å².